The summed E-state index contributed by atoms with van der Waals surface area (Å²) in [4.78, 5) is 0. The first-order valence-corrected chi connectivity index (χ1v) is 7.55. The second kappa shape index (κ2) is 13.6. The third-order valence-electron chi connectivity index (χ3n) is 3.03. The molecule has 110 valence electrons. The summed E-state index contributed by atoms with van der Waals surface area (Å²) in [6.07, 6.45) is 18.7. The number of allylic oxidation sites excluding steroid dienone is 1. The van der Waals surface area contributed by atoms with Crippen molar-refractivity contribution in [3.8, 4) is 0 Å². The van der Waals surface area contributed by atoms with Crippen LogP contribution in [0.2, 0.25) is 0 Å². The van der Waals surface area contributed by atoms with Gasteiger partial charge in [-0.1, -0.05) is 58.3 Å². The van der Waals surface area contributed by atoms with E-state index in [1.807, 2.05) is 0 Å². The molecular weight excluding hydrogens is 286 g/mol. The Hall–Kier alpha value is 0.180. The second-order valence-electron chi connectivity index (χ2n) is 6.12. The van der Waals surface area contributed by atoms with Gasteiger partial charge in [0, 0.05) is 0 Å². The monoisotopic (exact) mass is 319 g/mol. The SMILES string of the molecule is CCCCCCCCCCCC=C[N+](C)(C)C.[Br-]. The van der Waals surface area contributed by atoms with Gasteiger partial charge in [0.15, 0.2) is 0 Å². The molecule has 0 aliphatic heterocycles. The van der Waals surface area contributed by atoms with Crippen molar-refractivity contribution in [1.29, 1.82) is 0 Å². The first-order chi connectivity index (χ1) is 8.06. The van der Waals surface area contributed by atoms with Crippen LogP contribution in [-0.2, 0) is 0 Å². The summed E-state index contributed by atoms with van der Waals surface area (Å²) in [5, 5.41) is 0. The quantitative estimate of drug-likeness (QED) is 0.404. The van der Waals surface area contributed by atoms with Gasteiger partial charge in [0.25, 0.3) is 0 Å². The molecule has 0 amide bonds. The average molecular weight is 320 g/mol. The predicted molar refractivity (Wildman–Crippen MR) is 79.0 cm³/mol. The summed E-state index contributed by atoms with van der Waals surface area (Å²) in [6, 6.07) is 0. The highest BCUT2D eigenvalue weighted by atomic mass is 79.9. The number of halogens is 1. The zero-order chi connectivity index (χ0) is 13.0. The van der Waals surface area contributed by atoms with E-state index in [1.165, 1.54) is 64.2 Å². The molecule has 0 aromatic carbocycles. The van der Waals surface area contributed by atoms with Gasteiger partial charge in [-0.15, -0.1) is 0 Å². The number of hydrogen-bond acceptors (Lipinski definition) is 0. The maximum atomic E-state index is 2.33. The Labute approximate surface area is 126 Å². The zero-order valence-electron chi connectivity index (χ0n) is 13.1. The van der Waals surface area contributed by atoms with Gasteiger partial charge in [0.1, 0.15) is 0 Å². The van der Waals surface area contributed by atoms with Crippen molar-refractivity contribution in [2.45, 2.75) is 71.1 Å². The molecule has 0 saturated heterocycles. The Kier molecular flexibility index (Phi) is 15.5. The molecule has 0 N–H and O–H groups in total. The highest BCUT2D eigenvalue weighted by Gasteiger charge is 1.98. The highest BCUT2D eigenvalue weighted by molar-refractivity contribution is 4.72. The third kappa shape index (κ3) is 18.5. The minimum Gasteiger partial charge on any atom is -1.00 e. The van der Waals surface area contributed by atoms with Crippen LogP contribution in [0.15, 0.2) is 12.3 Å². The molecule has 2 heteroatoms. The number of unbranched alkanes of at least 4 members (excludes halogenated alkanes) is 9. The molecule has 0 unspecified atom stereocenters. The normalized spacial score (nSPS) is 11.8. The molecule has 0 aliphatic rings. The Morgan fingerprint density at radius 3 is 1.61 bits per heavy atom. The van der Waals surface area contributed by atoms with Crippen molar-refractivity contribution >= 4 is 0 Å². The van der Waals surface area contributed by atoms with E-state index < -0.39 is 0 Å². The molecule has 0 spiro atoms. The van der Waals surface area contributed by atoms with E-state index >= 15 is 0 Å². The van der Waals surface area contributed by atoms with Crippen LogP contribution in [0.4, 0.5) is 0 Å². The van der Waals surface area contributed by atoms with Crippen LogP contribution in [0.5, 0.6) is 0 Å². The fourth-order valence-electron chi connectivity index (χ4n) is 1.96. The fourth-order valence-corrected chi connectivity index (χ4v) is 1.96. The van der Waals surface area contributed by atoms with Gasteiger partial charge >= 0.3 is 0 Å². The molecule has 0 saturated carbocycles. The van der Waals surface area contributed by atoms with Gasteiger partial charge in [-0.3, -0.25) is 0 Å². The number of hydrogen-bond donors (Lipinski definition) is 0. The molecule has 0 bridgehead atoms. The molecule has 0 aromatic heterocycles. The molecule has 1 nitrogen and oxygen atoms in total. The summed E-state index contributed by atoms with van der Waals surface area (Å²) in [5.41, 5.74) is 0. The average Bonchev–Trinajstić information content (AvgIpc) is 2.24. The minimum absolute atomic E-state index is 0. The van der Waals surface area contributed by atoms with Gasteiger partial charge < -0.3 is 21.5 Å². The lowest BCUT2D eigenvalue weighted by Crippen LogP contribution is -3.00. The summed E-state index contributed by atoms with van der Waals surface area (Å²) in [5.74, 6) is 0. The molecule has 0 atom stereocenters. The van der Waals surface area contributed by atoms with Crippen molar-refractivity contribution in [3.05, 3.63) is 12.3 Å². The number of quaternary nitrogens is 1. The standard InChI is InChI=1S/C16H34N.BrH/c1-5-6-7-8-9-10-11-12-13-14-15-16-17(2,3)4;/h15-16H,5-14H2,1-4H3;1H/q+1;/p-1. The van der Waals surface area contributed by atoms with Gasteiger partial charge in [-0.25, -0.2) is 0 Å². The summed E-state index contributed by atoms with van der Waals surface area (Å²) in [7, 11) is 6.60. The van der Waals surface area contributed by atoms with E-state index in [0.717, 1.165) is 4.48 Å². The number of rotatable bonds is 11. The van der Waals surface area contributed by atoms with Gasteiger partial charge in [-0.2, -0.15) is 0 Å². The van der Waals surface area contributed by atoms with Gasteiger partial charge in [0.05, 0.1) is 27.3 Å². The Balaban J connectivity index is 0. The van der Waals surface area contributed by atoms with Crippen molar-refractivity contribution in [3.63, 3.8) is 0 Å². The Bertz CT molecular complexity index is 182. The summed E-state index contributed by atoms with van der Waals surface area (Å²) >= 11 is 0. The third-order valence-corrected chi connectivity index (χ3v) is 3.03. The van der Waals surface area contributed by atoms with E-state index in [-0.39, 0.29) is 17.0 Å². The van der Waals surface area contributed by atoms with Crippen molar-refractivity contribution < 1.29 is 21.5 Å². The topological polar surface area (TPSA) is 0 Å². The van der Waals surface area contributed by atoms with Crippen LogP contribution in [0, 0.1) is 0 Å². The predicted octanol–water partition coefficient (Wildman–Crippen LogP) is 2.13. The lowest BCUT2D eigenvalue weighted by Gasteiger charge is -2.17. The second-order valence-corrected chi connectivity index (χ2v) is 6.12. The first-order valence-electron chi connectivity index (χ1n) is 7.55. The van der Waals surface area contributed by atoms with Crippen LogP contribution >= 0.6 is 0 Å². The lowest BCUT2D eigenvalue weighted by atomic mass is 10.1. The van der Waals surface area contributed by atoms with Crippen LogP contribution in [0.25, 0.3) is 0 Å². The molecule has 0 fully saturated rings. The van der Waals surface area contributed by atoms with E-state index in [1.54, 1.807) is 0 Å². The molecule has 0 radical (unpaired) electrons. The molecular formula is C16H34BrN. The Morgan fingerprint density at radius 2 is 1.17 bits per heavy atom. The molecule has 0 aliphatic carbocycles. The minimum atomic E-state index is 0. The summed E-state index contributed by atoms with van der Waals surface area (Å²) in [6.45, 7) is 2.28. The maximum absolute atomic E-state index is 2.33. The first kappa shape index (κ1) is 20.5. The fraction of sp³-hybridized carbons (Fsp3) is 0.875. The van der Waals surface area contributed by atoms with E-state index in [4.69, 9.17) is 0 Å². The van der Waals surface area contributed by atoms with Crippen LogP contribution < -0.4 is 17.0 Å². The van der Waals surface area contributed by atoms with Gasteiger partial charge in [0.2, 0.25) is 0 Å². The number of nitrogens with zero attached hydrogens (tertiary/aromatic N) is 1. The lowest BCUT2D eigenvalue weighted by molar-refractivity contribution is -0.817. The summed E-state index contributed by atoms with van der Waals surface area (Å²) < 4.78 is 0.942. The Morgan fingerprint density at radius 1 is 0.722 bits per heavy atom. The van der Waals surface area contributed by atoms with Crippen LogP contribution in [0.1, 0.15) is 71.1 Å². The largest absolute Gasteiger partial charge is 1.00 e. The van der Waals surface area contributed by atoms with Crippen molar-refractivity contribution in [2.24, 2.45) is 0 Å². The molecule has 0 heterocycles. The maximum Gasteiger partial charge on any atom is 0.0911 e. The highest BCUT2D eigenvalue weighted by Crippen LogP contribution is 2.10. The zero-order valence-corrected chi connectivity index (χ0v) is 14.6. The van der Waals surface area contributed by atoms with Crippen LogP contribution in [0.3, 0.4) is 0 Å². The van der Waals surface area contributed by atoms with Crippen LogP contribution in [-0.4, -0.2) is 25.6 Å². The molecule has 0 aromatic rings. The molecule has 0 rings (SSSR count). The van der Waals surface area contributed by atoms with E-state index in [2.05, 4.69) is 40.3 Å². The van der Waals surface area contributed by atoms with Crippen molar-refractivity contribution in [2.75, 3.05) is 21.1 Å². The molecule has 18 heavy (non-hydrogen) atoms. The smallest absolute Gasteiger partial charge is 0.0911 e. The van der Waals surface area contributed by atoms with Gasteiger partial charge in [-0.05, 0) is 18.9 Å². The van der Waals surface area contributed by atoms with E-state index in [9.17, 15) is 0 Å². The van der Waals surface area contributed by atoms with E-state index in [0.29, 0.717) is 0 Å². The van der Waals surface area contributed by atoms with Crippen molar-refractivity contribution in [1.82, 2.24) is 0 Å².